The molecule has 0 aliphatic heterocycles. The molecule has 20 heavy (non-hydrogen) atoms. The molecule has 2 N–H and O–H groups in total. The summed E-state index contributed by atoms with van der Waals surface area (Å²) in [6, 6.07) is 2.87. The van der Waals surface area contributed by atoms with E-state index in [2.05, 4.69) is 15.9 Å². The monoisotopic (exact) mass is 347 g/mol. The summed E-state index contributed by atoms with van der Waals surface area (Å²) in [4.78, 5) is 10.5. The van der Waals surface area contributed by atoms with Crippen molar-refractivity contribution in [3.8, 4) is 5.75 Å². The number of rotatable bonds is 6. The molecule has 0 amide bonds. The Labute approximate surface area is 125 Å². The van der Waals surface area contributed by atoms with E-state index in [-0.39, 0.29) is 18.0 Å². The fraction of sp³-hybridized carbons (Fsp3) is 0.538. The van der Waals surface area contributed by atoms with Gasteiger partial charge in [0.05, 0.1) is 16.6 Å². The lowest BCUT2D eigenvalue weighted by molar-refractivity contribution is -0.386. The van der Waals surface area contributed by atoms with Gasteiger partial charge in [-0.25, -0.2) is 0 Å². The number of hydrogen-bond donors (Lipinski definition) is 2. The largest absolute Gasteiger partial charge is 0.484 e. The number of nitrogens with zero attached hydrogens (tertiary/aromatic N) is 1. The van der Waals surface area contributed by atoms with Crippen LogP contribution in [-0.2, 0) is 0 Å². The van der Waals surface area contributed by atoms with Crippen molar-refractivity contribution in [3.63, 3.8) is 0 Å². The van der Waals surface area contributed by atoms with E-state index in [0.717, 1.165) is 0 Å². The van der Waals surface area contributed by atoms with Crippen LogP contribution in [0.25, 0.3) is 0 Å². The normalized spacial score (nSPS) is 15.5. The zero-order chi connectivity index (χ0) is 15.5. The highest BCUT2D eigenvalue weighted by atomic mass is 79.9. The third kappa shape index (κ3) is 4.16. The Hall–Kier alpha value is -1.18. The first-order valence-corrected chi connectivity index (χ1v) is 6.98. The van der Waals surface area contributed by atoms with Crippen LogP contribution in [0.1, 0.15) is 38.9 Å². The lowest BCUT2D eigenvalue weighted by Gasteiger charge is -2.23. The molecule has 112 valence electrons. The predicted molar refractivity (Wildman–Crippen MR) is 77.8 cm³/mol. The molecular formula is C13H18BrNO5. The second-order valence-electron chi connectivity index (χ2n) is 4.92. The van der Waals surface area contributed by atoms with Gasteiger partial charge in [-0.15, -0.1) is 0 Å². The molecule has 7 heteroatoms. The Balaban J connectivity index is 3.23. The lowest BCUT2D eigenvalue weighted by atomic mass is 10.0. The third-order valence-electron chi connectivity index (χ3n) is 3.00. The van der Waals surface area contributed by atoms with Gasteiger partial charge in [0.25, 0.3) is 0 Å². The second kappa shape index (κ2) is 6.51. The van der Waals surface area contributed by atoms with Crippen molar-refractivity contribution in [1.29, 1.82) is 0 Å². The van der Waals surface area contributed by atoms with Gasteiger partial charge in [-0.1, -0.05) is 22.9 Å². The zero-order valence-corrected chi connectivity index (χ0v) is 13.2. The molecule has 1 aromatic rings. The molecule has 0 radical (unpaired) electrons. The molecule has 6 nitrogen and oxygen atoms in total. The summed E-state index contributed by atoms with van der Waals surface area (Å²) in [6.45, 7) is 4.77. The van der Waals surface area contributed by atoms with Crippen LogP contribution >= 0.6 is 15.9 Å². The number of aliphatic hydroxyl groups is 2. The van der Waals surface area contributed by atoms with Crippen molar-refractivity contribution < 1.29 is 19.9 Å². The second-order valence-corrected chi connectivity index (χ2v) is 5.83. The fourth-order valence-corrected chi connectivity index (χ4v) is 2.00. The Kier molecular flexibility index (Phi) is 5.50. The number of nitro benzene ring substituents is 1. The minimum atomic E-state index is -1.09. The van der Waals surface area contributed by atoms with Gasteiger partial charge < -0.3 is 14.9 Å². The van der Waals surface area contributed by atoms with Gasteiger partial charge in [0.15, 0.2) is 0 Å². The molecule has 1 aromatic carbocycles. The molecule has 0 saturated carbocycles. The first-order chi connectivity index (χ1) is 9.18. The molecule has 1 rings (SSSR count). The van der Waals surface area contributed by atoms with Crippen LogP contribution in [0, 0.1) is 10.1 Å². The van der Waals surface area contributed by atoms with Gasteiger partial charge in [-0.2, -0.15) is 0 Å². The minimum absolute atomic E-state index is 0.0121. The highest BCUT2D eigenvalue weighted by Crippen LogP contribution is 2.38. The Bertz CT molecular complexity index is 502. The average molecular weight is 348 g/mol. The van der Waals surface area contributed by atoms with Crippen LogP contribution in [-0.4, -0.2) is 27.3 Å². The van der Waals surface area contributed by atoms with E-state index in [1.165, 1.54) is 13.0 Å². The number of ether oxygens (including phenoxy) is 1. The quantitative estimate of drug-likeness (QED) is 0.609. The van der Waals surface area contributed by atoms with Crippen LogP contribution < -0.4 is 4.74 Å². The maximum Gasteiger partial charge on any atom is 0.312 e. The summed E-state index contributed by atoms with van der Waals surface area (Å²) in [7, 11) is 0. The highest BCUT2D eigenvalue weighted by molar-refractivity contribution is 9.10. The van der Waals surface area contributed by atoms with Crippen molar-refractivity contribution in [2.45, 2.75) is 38.9 Å². The van der Waals surface area contributed by atoms with E-state index in [0.29, 0.717) is 16.5 Å². The van der Waals surface area contributed by atoms with E-state index in [4.69, 9.17) is 4.74 Å². The van der Waals surface area contributed by atoms with Gasteiger partial charge in [0.1, 0.15) is 6.61 Å². The molecule has 0 aliphatic carbocycles. The topological polar surface area (TPSA) is 92.8 Å². The molecule has 0 fully saturated rings. The number of hydrogen-bond acceptors (Lipinski definition) is 5. The predicted octanol–water partition coefficient (Wildman–Crippen LogP) is 2.95. The first kappa shape index (κ1) is 16.9. The Morgan fingerprint density at radius 3 is 2.60 bits per heavy atom. The molecule has 1 unspecified atom stereocenters. The fourth-order valence-electron chi connectivity index (χ4n) is 1.53. The van der Waals surface area contributed by atoms with Crippen LogP contribution in [0.4, 0.5) is 5.69 Å². The van der Waals surface area contributed by atoms with E-state index < -0.39 is 16.6 Å². The van der Waals surface area contributed by atoms with E-state index in [1.54, 1.807) is 19.9 Å². The zero-order valence-electron chi connectivity index (χ0n) is 11.6. The number of benzene rings is 1. The molecular weight excluding hydrogens is 330 g/mol. The Morgan fingerprint density at radius 2 is 2.15 bits per heavy atom. The first-order valence-electron chi connectivity index (χ1n) is 6.19. The van der Waals surface area contributed by atoms with Crippen LogP contribution in [0.2, 0.25) is 0 Å². The number of aliphatic hydroxyl groups excluding tert-OH is 1. The maximum atomic E-state index is 11.1. The summed E-state index contributed by atoms with van der Waals surface area (Å²) in [5.74, 6) is -0.0121. The third-order valence-corrected chi connectivity index (χ3v) is 3.46. The highest BCUT2D eigenvalue weighted by Gasteiger charge is 2.26. The average Bonchev–Trinajstić information content (AvgIpc) is 2.36. The molecule has 0 saturated heterocycles. The lowest BCUT2D eigenvalue weighted by Crippen LogP contribution is -2.31. The summed E-state index contributed by atoms with van der Waals surface area (Å²) >= 11 is 3.17. The summed E-state index contributed by atoms with van der Waals surface area (Å²) in [5.41, 5.74) is -1.03. The summed E-state index contributed by atoms with van der Waals surface area (Å²) in [5, 5.41) is 30.8. The van der Waals surface area contributed by atoms with Crippen LogP contribution in [0.5, 0.6) is 5.75 Å². The van der Waals surface area contributed by atoms with Crippen molar-refractivity contribution in [2.75, 3.05) is 6.61 Å². The smallest absolute Gasteiger partial charge is 0.312 e. The van der Waals surface area contributed by atoms with Gasteiger partial charge >= 0.3 is 5.69 Å². The van der Waals surface area contributed by atoms with E-state index >= 15 is 0 Å². The van der Waals surface area contributed by atoms with Crippen molar-refractivity contribution in [2.24, 2.45) is 0 Å². The van der Waals surface area contributed by atoms with Crippen LogP contribution in [0.3, 0.4) is 0 Å². The standard InChI is InChI=1S/C13H18BrNO5/c1-4-13(3,17)7-20-12-10(8(2)16)5-9(14)6-11(12)15(18)19/h5-6,8,16-17H,4,7H2,1-3H3/t8-,13?/m1/s1. The van der Waals surface area contributed by atoms with Crippen LogP contribution in [0.15, 0.2) is 16.6 Å². The SMILES string of the molecule is CCC(C)(O)COc1c([C@@H](C)O)cc(Br)cc1[N+](=O)[O-]. The molecule has 0 spiro atoms. The van der Waals surface area contributed by atoms with Gasteiger partial charge in [-0.05, 0) is 26.3 Å². The molecule has 0 aromatic heterocycles. The number of nitro groups is 1. The molecule has 0 aliphatic rings. The summed E-state index contributed by atoms with van der Waals surface area (Å²) < 4.78 is 5.91. The van der Waals surface area contributed by atoms with E-state index in [9.17, 15) is 20.3 Å². The molecule has 0 bridgehead atoms. The minimum Gasteiger partial charge on any atom is -0.484 e. The van der Waals surface area contributed by atoms with Gasteiger partial charge in [0, 0.05) is 16.1 Å². The van der Waals surface area contributed by atoms with Gasteiger partial charge in [0.2, 0.25) is 5.75 Å². The van der Waals surface area contributed by atoms with Gasteiger partial charge in [-0.3, -0.25) is 10.1 Å². The Morgan fingerprint density at radius 1 is 1.55 bits per heavy atom. The van der Waals surface area contributed by atoms with Crippen molar-refractivity contribution >= 4 is 21.6 Å². The maximum absolute atomic E-state index is 11.1. The van der Waals surface area contributed by atoms with Crippen molar-refractivity contribution in [1.82, 2.24) is 0 Å². The van der Waals surface area contributed by atoms with Crippen molar-refractivity contribution in [3.05, 3.63) is 32.3 Å². The number of halogens is 1. The molecule has 0 heterocycles. The molecule has 2 atom stereocenters. The summed E-state index contributed by atoms with van der Waals surface area (Å²) in [6.07, 6.45) is -0.478. The van der Waals surface area contributed by atoms with E-state index in [1.807, 2.05) is 0 Å².